The highest BCUT2D eigenvalue weighted by Crippen LogP contribution is 2.21. The van der Waals surface area contributed by atoms with E-state index in [1.54, 1.807) is 6.07 Å². The Hall–Kier alpha value is -0.400. The van der Waals surface area contributed by atoms with Gasteiger partial charge in [0.15, 0.2) is 0 Å². The molecule has 0 bridgehead atoms. The number of hydrogen-bond donors (Lipinski definition) is 1. The Labute approximate surface area is 138 Å². The van der Waals surface area contributed by atoms with E-state index in [4.69, 9.17) is 0 Å². The minimum absolute atomic E-state index is 0. The maximum absolute atomic E-state index is 13.1. The van der Waals surface area contributed by atoms with Crippen LogP contribution in [0.15, 0.2) is 18.2 Å². The molecular formula is C14H19ClFIN2O. The second-order valence-electron chi connectivity index (χ2n) is 4.92. The molecule has 1 heterocycles. The highest BCUT2D eigenvalue weighted by Gasteiger charge is 2.24. The number of hydrogen-bond acceptors (Lipinski definition) is 2. The number of amides is 1. The zero-order valence-electron chi connectivity index (χ0n) is 11.4. The molecule has 0 atom stereocenters. The van der Waals surface area contributed by atoms with Gasteiger partial charge in [0, 0.05) is 16.7 Å². The standard InChI is InChI=1S/C14H18FIN2O.ClH/c1-17-9-10-4-6-18(7-5-10)14(19)12-3-2-11(15)8-13(12)16;/h2-3,8,10,17H,4-7,9H2,1H3;1H. The third-order valence-corrected chi connectivity index (χ3v) is 4.45. The van der Waals surface area contributed by atoms with E-state index in [1.807, 2.05) is 34.5 Å². The number of likely N-dealkylation sites (tertiary alicyclic amines) is 1. The number of benzene rings is 1. The molecule has 0 spiro atoms. The van der Waals surface area contributed by atoms with E-state index >= 15 is 0 Å². The van der Waals surface area contributed by atoms with E-state index in [0.717, 1.165) is 32.5 Å². The van der Waals surface area contributed by atoms with Crippen LogP contribution >= 0.6 is 35.0 Å². The lowest BCUT2D eigenvalue weighted by Gasteiger charge is -2.32. The topological polar surface area (TPSA) is 32.3 Å². The van der Waals surface area contributed by atoms with Crippen LogP contribution in [0.2, 0.25) is 0 Å². The van der Waals surface area contributed by atoms with Gasteiger partial charge < -0.3 is 10.2 Å². The zero-order chi connectivity index (χ0) is 13.8. The fourth-order valence-corrected chi connectivity index (χ4v) is 3.17. The van der Waals surface area contributed by atoms with E-state index in [2.05, 4.69) is 5.32 Å². The quantitative estimate of drug-likeness (QED) is 0.774. The van der Waals surface area contributed by atoms with Crippen LogP contribution in [0.4, 0.5) is 4.39 Å². The van der Waals surface area contributed by atoms with Crippen LogP contribution in [0.5, 0.6) is 0 Å². The summed E-state index contributed by atoms with van der Waals surface area (Å²) in [6, 6.07) is 4.34. The van der Waals surface area contributed by atoms with Crippen molar-refractivity contribution in [2.24, 2.45) is 5.92 Å². The summed E-state index contributed by atoms with van der Waals surface area (Å²) in [6.07, 6.45) is 2.06. The lowest BCUT2D eigenvalue weighted by atomic mass is 9.96. The van der Waals surface area contributed by atoms with Crippen molar-refractivity contribution in [3.05, 3.63) is 33.1 Å². The number of halogens is 3. The summed E-state index contributed by atoms with van der Waals surface area (Å²) in [5.74, 6) is 0.377. The van der Waals surface area contributed by atoms with Gasteiger partial charge in [-0.2, -0.15) is 0 Å². The lowest BCUT2D eigenvalue weighted by Crippen LogP contribution is -2.40. The van der Waals surface area contributed by atoms with Crippen LogP contribution < -0.4 is 5.32 Å². The summed E-state index contributed by atoms with van der Waals surface area (Å²) >= 11 is 2.02. The third-order valence-electron chi connectivity index (χ3n) is 3.56. The molecule has 0 aromatic heterocycles. The highest BCUT2D eigenvalue weighted by atomic mass is 127. The average Bonchev–Trinajstić information content (AvgIpc) is 2.39. The molecule has 0 unspecified atom stereocenters. The van der Waals surface area contributed by atoms with Crippen LogP contribution in [-0.4, -0.2) is 37.5 Å². The van der Waals surface area contributed by atoms with Crippen molar-refractivity contribution < 1.29 is 9.18 Å². The Morgan fingerprint density at radius 3 is 2.65 bits per heavy atom. The first-order chi connectivity index (χ1) is 9.11. The first-order valence-corrected chi connectivity index (χ1v) is 7.58. The van der Waals surface area contributed by atoms with Crippen molar-refractivity contribution in [2.75, 3.05) is 26.7 Å². The van der Waals surface area contributed by atoms with Crippen molar-refractivity contribution in [2.45, 2.75) is 12.8 Å². The molecule has 2 rings (SSSR count). The van der Waals surface area contributed by atoms with Crippen LogP contribution in [0, 0.1) is 15.3 Å². The maximum Gasteiger partial charge on any atom is 0.254 e. The molecule has 1 aliphatic rings. The number of carbonyl (C=O) groups excluding carboxylic acids is 1. The van der Waals surface area contributed by atoms with Crippen LogP contribution in [0.3, 0.4) is 0 Å². The fourth-order valence-electron chi connectivity index (χ4n) is 2.46. The number of nitrogens with zero attached hydrogens (tertiary/aromatic N) is 1. The van der Waals surface area contributed by atoms with Crippen molar-refractivity contribution >= 4 is 40.9 Å². The van der Waals surface area contributed by atoms with Gasteiger partial charge in [0.05, 0.1) is 5.56 Å². The van der Waals surface area contributed by atoms with Gasteiger partial charge in [-0.05, 0) is 73.1 Å². The molecule has 0 aliphatic carbocycles. The monoisotopic (exact) mass is 412 g/mol. The average molecular weight is 413 g/mol. The molecule has 1 saturated heterocycles. The smallest absolute Gasteiger partial charge is 0.254 e. The molecule has 1 aromatic rings. The van der Waals surface area contributed by atoms with Gasteiger partial charge in [-0.1, -0.05) is 0 Å². The van der Waals surface area contributed by atoms with E-state index in [-0.39, 0.29) is 24.1 Å². The molecule has 1 amide bonds. The summed E-state index contributed by atoms with van der Waals surface area (Å²) in [7, 11) is 1.96. The number of rotatable bonds is 3. The summed E-state index contributed by atoms with van der Waals surface area (Å²) in [5.41, 5.74) is 0.606. The Kier molecular flexibility index (Phi) is 7.19. The molecule has 1 aliphatic heterocycles. The fraction of sp³-hybridized carbons (Fsp3) is 0.500. The first-order valence-electron chi connectivity index (χ1n) is 6.50. The van der Waals surface area contributed by atoms with Crippen LogP contribution in [0.1, 0.15) is 23.2 Å². The molecule has 20 heavy (non-hydrogen) atoms. The zero-order valence-corrected chi connectivity index (χ0v) is 14.3. The Balaban J connectivity index is 0.00000200. The first kappa shape index (κ1) is 17.7. The molecule has 3 nitrogen and oxygen atoms in total. The Bertz CT molecular complexity index is 464. The van der Waals surface area contributed by atoms with Crippen molar-refractivity contribution in [3.63, 3.8) is 0 Å². The summed E-state index contributed by atoms with van der Waals surface area (Å²) < 4.78 is 13.7. The normalized spacial score (nSPS) is 15.8. The van der Waals surface area contributed by atoms with E-state index in [0.29, 0.717) is 15.1 Å². The second kappa shape index (κ2) is 8.14. The third kappa shape index (κ3) is 4.30. The highest BCUT2D eigenvalue weighted by molar-refractivity contribution is 14.1. The second-order valence-corrected chi connectivity index (χ2v) is 6.08. The summed E-state index contributed by atoms with van der Waals surface area (Å²) in [5, 5.41) is 3.18. The van der Waals surface area contributed by atoms with Crippen molar-refractivity contribution in [1.82, 2.24) is 10.2 Å². The lowest BCUT2D eigenvalue weighted by molar-refractivity contribution is 0.0690. The SMILES string of the molecule is CNCC1CCN(C(=O)c2ccc(F)cc2I)CC1.Cl. The van der Waals surface area contributed by atoms with Gasteiger partial charge in [-0.3, -0.25) is 4.79 Å². The van der Waals surface area contributed by atoms with Gasteiger partial charge in [0.1, 0.15) is 5.82 Å². The van der Waals surface area contributed by atoms with Gasteiger partial charge in [0.2, 0.25) is 0 Å². The molecule has 0 radical (unpaired) electrons. The molecule has 1 fully saturated rings. The van der Waals surface area contributed by atoms with Gasteiger partial charge in [-0.25, -0.2) is 4.39 Å². The molecule has 6 heteroatoms. The van der Waals surface area contributed by atoms with Gasteiger partial charge in [0.25, 0.3) is 5.91 Å². The summed E-state index contributed by atoms with van der Waals surface area (Å²) in [4.78, 5) is 14.3. The van der Waals surface area contributed by atoms with Crippen molar-refractivity contribution in [3.8, 4) is 0 Å². The molecule has 1 aromatic carbocycles. The predicted octanol–water partition coefficient (Wildman–Crippen LogP) is 2.92. The Morgan fingerprint density at radius 2 is 2.10 bits per heavy atom. The number of carbonyl (C=O) groups is 1. The van der Waals surface area contributed by atoms with E-state index < -0.39 is 0 Å². The van der Waals surface area contributed by atoms with E-state index in [9.17, 15) is 9.18 Å². The maximum atomic E-state index is 13.1. The number of nitrogens with one attached hydrogen (secondary N) is 1. The van der Waals surface area contributed by atoms with Crippen LogP contribution in [0.25, 0.3) is 0 Å². The Morgan fingerprint density at radius 1 is 1.45 bits per heavy atom. The van der Waals surface area contributed by atoms with Gasteiger partial charge in [-0.15, -0.1) is 12.4 Å². The van der Waals surface area contributed by atoms with Gasteiger partial charge >= 0.3 is 0 Å². The number of piperidine rings is 1. The minimum atomic E-state index is -0.298. The molecule has 112 valence electrons. The minimum Gasteiger partial charge on any atom is -0.339 e. The molecular weight excluding hydrogens is 394 g/mol. The van der Waals surface area contributed by atoms with E-state index in [1.165, 1.54) is 12.1 Å². The predicted molar refractivity (Wildman–Crippen MR) is 88.9 cm³/mol. The summed E-state index contributed by atoms with van der Waals surface area (Å²) in [6.45, 7) is 2.59. The molecule has 0 saturated carbocycles. The van der Waals surface area contributed by atoms with Crippen molar-refractivity contribution in [1.29, 1.82) is 0 Å². The van der Waals surface area contributed by atoms with Crippen LogP contribution in [-0.2, 0) is 0 Å². The largest absolute Gasteiger partial charge is 0.339 e. The molecule has 1 N–H and O–H groups in total.